The molecule has 0 saturated heterocycles. The van der Waals surface area contributed by atoms with Crippen LogP contribution < -0.4 is 11.1 Å². The second-order valence-electron chi connectivity index (χ2n) is 7.08. The fraction of sp³-hybridized carbons (Fsp3) is 0.348. The summed E-state index contributed by atoms with van der Waals surface area (Å²) in [6.07, 6.45) is -0.328. The summed E-state index contributed by atoms with van der Waals surface area (Å²) in [5, 5.41) is 2.45. The maximum absolute atomic E-state index is 12.6. The van der Waals surface area contributed by atoms with Gasteiger partial charge in [-0.05, 0) is 37.1 Å². The van der Waals surface area contributed by atoms with Gasteiger partial charge in [-0.25, -0.2) is 0 Å². The SMILES string of the molecule is CCOP(=O)(Cc1ccc(C(=O)N[C@H](CC(=O)OCc2ccccc2)C(N)=O)cc1)OCC. The van der Waals surface area contributed by atoms with Gasteiger partial charge in [0.25, 0.3) is 5.91 Å². The molecule has 1 atom stereocenters. The minimum Gasteiger partial charge on any atom is -0.461 e. The third kappa shape index (κ3) is 8.81. The number of carbonyl (C=O) groups is 3. The van der Waals surface area contributed by atoms with E-state index in [1.807, 2.05) is 18.2 Å². The van der Waals surface area contributed by atoms with Crippen LogP contribution >= 0.6 is 7.60 Å². The Morgan fingerprint density at radius 3 is 2.09 bits per heavy atom. The number of hydrogen-bond acceptors (Lipinski definition) is 7. The van der Waals surface area contributed by atoms with Crippen LogP contribution in [0.15, 0.2) is 54.6 Å². The molecule has 9 nitrogen and oxygen atoms in total. The number of amides is 2. The van der Waals surface area contributed by atoms with Crippen molar-refractivity contribution >= 4 is 25.4 Å². The number of benzene rings is 2. The van der Waals surface area contributed by atoms with Gasteiger partial charge in [0.1, 0.15) is 12.6 Å². The van der Waals surface area contributed by atoms with E-state index in [0.29, 0.717) is 5.56 Å². The molecular formula is C23H29N2O7P. The van der Waals surface area contributed by atoms with Crippen molar-refractivity contribution in [3.05, 3.63) is 71.3 Å². The first-order valence-electron chi connectivity index (χ1n) is 10.5. The van der Waals surface area contributed by atoms with Crippen LogP contribution in [0.4, 0.5) is 0 Å². The molecule has 0 spiro atoms. The Labute approximate surface area is 193 Å². The van der Waals surface area contributed by atoms with E-state index in [-0.39, 0.29) is 31.5 Å². The standard InChI is InChI=1S/C23H29N2O7P/c1-3-31-33(29,32-4-2)16-18-10-12-19(13-11-18)23(28)25-20(22(24)27)14-21(26)30-15-17-8-6-5-7-9-17/h5-13,20H,3-4,14-16H2,1-2H3,(H2,24,27)(H,25,28)/t20-/m1/s1. The lowest BCUT2D eigenvalue weighted by molar-refractivity contribution is -0.146. The highest BCUT2D eigenvalue weighted by atomic mass is 31.2. The lowest BCUT2D eigenvalue weighted by Crippen LogP contribution is -2.45. The van der Waals surface area contributed by atoms with Crippen LogP contribution in [0, 0.1) is 0 Å². The molecule has 0 bridgehead atoms. The van der Waals surface area contributed by atoms with Gasteiger partial charge in [0, 0.05) is 5.56 Å². The molecule has 0 aliphatic carbocycles. The van der Waals surface area contributed by atoms with Crippen molar-refractivity contribution in [2.24, 2.45) is 5.73 Å². The van der Waals surface area contributed by atoms with Gasteiger partial charge >= 0.3 is 13.6 Å². The topological polar surface area (TPSA) is 134 Å². The van der Waals surface area contributed by atoms with Crippen LogP contribution in [-0.2, 0) is 40.7 Å². The van der Waals surface area contributed by atoms with Crippen molar-refractivity contribution in [3.8, 4) is 0 Å². The quantitative estimate of drug-likeness (QED) is 0.335. The Kier molecular flexibility index (Phi) is 10.3. The van der Waals surface area contributed by atoms with Gasteiger partial charge in [0.2, 0.25) is 5.91 Å². The van der Waals surface area contributed by atoms with E-state index in [4.69, 9.17) is 19.5 Å². The van der Waals surface area contributed by atoms with Crippen LogP contribution in [-0.4, -0.2) is 37.0 Å². The van der Waals surface area contributed by atoms with Crippen molar-refractivity contribution in [1.82, 2.24) is 5.32 Å². The maximum Gasteiger partial charge on any atom is 0.335 e. The van der Waals surface area contributed by atoms with Crippen molar-refractivity contribution < 1.29 is 32.7 Å². The number of rotatable bonds is 13. The van der Waals surface area contributed by atoms with Gasteiger partial charge in [0.15, 0.2) is 0 Å². The Morgan fingerprint density at radius 1 is 0.939 bits per heavy atom. The number of nitrogens with two attached hydrogens (primary N) is 1. The summed E-state index contributed by atoms with van der Waals surface area (Å²) in [6.45, 7) is 4.01. The number of primary amides is 1. The van der Waals surface area contributed by atoms with E-state index in [1.165, 1.54) is 12.1 Å². The van der Waals surface area contributed by atoms with Crippen LogP contribution in [0.3, 0.4) is 0 Å². The van der Waals surface area contributed by atoms with Crippen LogP contribution in [0.1, 0.15) is 41.8 Å². The molecule has 33 heavy (non-hydrogen) atoms. The molecule has 2 rings (SSSR count). The van der Waals surface area contributed by atoms with E-state index in [2.05, 4.69) is 5.32 Å². The summed E-state index contributed by atoms with van der Waals surface area (Å²) in [5.41, 5.74) is 7.04. The van der Waals surface area contributed by atoms with Crippen molar-refractivity contribution in [2.45, 2.75) is 39.1 Å². The predicted molar refractivity (Wildman–Crippen MR) is 122 cm³/mol. The number of nitrogens with one attached hydrogen (secondary N) is 1. The minimum atomic E-state index is -3.27. The van der Waals surface area contributed by atoms with E-state index < -0.39 is 37.8 Å². The zero-order valence-corrected chi connectivity index (χ0v) is 19.6. The van der Waals surface area contributed by atoms with E-state index in [9.17, 15) is 18.9 Å². The van der Waals surface area contributed by atoms with Gasteiger partial charge in [-0.15, -0.1) is 0 Å². The summed E-state index contributed by atoms with van der Waals surface area (Å²) >= 11 is 0. The maximum atomic E-state index is 12.6. The van der Waals surface area contributed by atoms with E-state index in [0.717, 1.165) is 5.56 Å². The highest BCUT2D eigenvalue weighted by Crippen LogP contribution is 2.51. The highest BCUT2D eigenvalue weighted by molar-refractivity contribution is 7.53. The first-order valence-corrected chi connectivity index (χ1v) is 12.3. The number of ether oxygens (including phenoxy) is 1. The summed E-state index contributed by atoms with van der Waals surface area (Å²) < 4.78 is 28.3. The van der Waals surface area contributed by atoms with E-state index >= 15 is 0 Å². The average Bonchev–Trinajstić information content (AvgIpc) is 2.78. The lowest BCUT2D eigenvalue weighted by Gasteiger charge is -2.17. The van der Waals surface area contributed by atoms with Crippen LogP contribution in [0.25, 0.3) is 0 Å². The fourth-order valence-corrected chi connectivity index (χ4v) is 4.64. The molecular weight excluding hydrogens is 447 g/mol. The Hall–Kier alpha value is -3.00. The van der Waals surface area contributed by atoms with Crippen molar-refractivity contribution in [3.63, 3.8) is 0 Å². The Morgan fingerprint density at radius 2 is 1.55 bits per heavy atom. The van der Waals surface area contributed by atoms with E-state index in [1.54, 1.807) is 38.1 Å². The molecule has 0 heterocycles. The second-order valence-corrected chi connectivity index (χ2v) is 9.13. The molecule has 178 valence electrons. The summed E-state index contributed by atoms with van der Waals surface area (Å²) in [4.78, 5) is 36.4. The van der Waals surface area contributed by atoms with Gasteiger partial charge in [-0.3, -0.25) is 18.9 Å². The molecule has 3 N–H and O–H groups in total. The zero-order chi connectivity index (χ0) is 24.3. The lowest BCUT2D eigenvalue weighted by atomic mass is 10.1. The molecule has 0 fully saturated rings. The number of hydrogen-bond donors (Lipinski definition) is 2. The van der Waals surface area contributed by atoms with Crippen LogP contribution in [0.5, 0.6) is 0 Å². The molecule has 0 aromatic heterocycles. The third-order valence-electron chi connectivity index (χ3n) is 4.51. The zero-order valence-electron chi connectivity index (χ0n) is 18.7. The molecule has 10 heteroatoms. The Bertz CT molecular complexity index is 970. The predicted octanol–water partition coefficient (Wildman–Crippen LogP) is 3.17. The van der Waals surface area contributed by atoms with Crippen molar-refractivity contribution in [1.29, 1.82) is 0 Å². The molecule has 0 aliphatic rings. The summed E-state index contributed by atoms with van der Waals surface area (Å²) in [6, 6.07) is 14.1. The van der Waals surface area contributed by atoms with Gasteiger partial charge < -0.3 is 24.8 Å². The third-order valence-corrected chi connectivity index (χ3v) is 6.56. The summed E-state index contributed by atoms with van der Waals surface area (Å²) in [5.74, 6) is -2.11. The molecule has 2 aromatic carbocycles. The molecule has 0 aliphatic heterocycles. The first-order chi connectivity index (χ1) is 15.8. The fourth-order valence-electron chi connectivity index (χ4n) is 2.94. The average molecular weight is 476 g/mol. The monoisotopic (exact) mass is 476 g/mol. The minimum absolute atomic E-state index is 0.0495. The highest BCUT2D eigenvalue weighted by Gasteiger charge is 2.25. The number of carbonyl (C=O) groups excluding carboxylic acids is 3. The second kappa shape index (κ2) is 12.9. The molecule has 2 amide bonds. The van der Waals surface area contributed by atoms with Gasteiger partial charge in [0.05, 0.1) is 25.8 Å². The van der Waals surface area contributed by atoms with Gasteiger partial charge in [-0.1, -0.05) is 42.5 Å². The molecule has 0 saturated carbocycles. The summed E-state index contributed by atoms with van der Waals surface area (Å²) in [7, 11) is -3.27. The largest absolute Gasteiger partial charge is 0.461 e. The Balaban J connectivity index is 1.95. The van der Waals surface area contributed by atoms with Crippen LogP contribution in [0.2, 0.25) is 0 Å². The molecule has 2 aromatic rings. The molecule has 0 radical (unpaired) electrons. The number of esters is 1. The van der Waals surface area contributed by atoms with Crippen molar-refractivity contribution in [2.75, 3.05) is 13.2 Å². The van der Waals surface area contributed by atoms with Gasteiger partial charge in [-0.2, -0.15) is 0 Å². The molecule has 0 unspecified atom stereocenters. The smallest absolute Gasteiger partial charge is 0.335 e. The normalized spacial score (nSPS) is 12.1. The first kappa shape index (κ1) is 26.3.